The lowest BCUT2D eigenvalue weighted by Crippen LogP contribution is -2.25. The van der Waals surface area contributed by atoms with Crippen molar-refractivity contribution in [3.63, 3.8) is 0 Å². The quantitative estimate of drug-likeness (QED) is 0.781. The summed E-state index contributed by atoms with van der Waals surface area (Å²) in [5.41, 5.74) is -0.220. The average molecular weight is 271 g/mol. The number of guanidine groups is 1. The molecule has 1 heterocycles. The van der Waals surface area contributed by atoms with Crippen LogP contribution >= 0.6 is 0 Å². The molecule has 2 rings (SSSR count). The Labute approximate surface area is 105 Å². The average Bonchev–Trinajstić information content (AvgIpc) is 2.66. The molecule has 5 nitrogen and oxygen atoms in total. The number of halogens is 3. The van der Waals surface area contributed by atoms with Gasteiger partial charge in [0.1, 0.15) is 0 Å². The molecule has 2 amide bonds. The minimum Gasteiger partial charge on any atom is -0.288 e. The molecule has 0 unspecified atom stereocenters. The third-order valence-corrected chi connectivity index (χ3v) is 2.37. The van der Waals surface area contributed by atoms with E-state index in [-0.39, 0.29) is 12.5 Å². The topological polar surface area (TPSA) is 70.6 Å². The summed E-state index contributed by atoms with van der Waals surface area (Å²) < 4.78 is 36.9. The van der Waals surface area contributed by atoms with Gasteiger partial charge < -0.3 is 0 Å². The van der Waals surface area contributed by atoms with Crippen LogP contribution in [0.1, 0.15) is 11.1 Å². The van der Waals surface area contributed by atoms with Crippen molar-refractivity contribution in [2.75, 3.05) is 0 Å². The maximum Gasteiger partial charge on any atom is 0.416 e. The van der Waals surface area contributed by atoms with E-state index >= 15 is 0 Å². The van der Waals surface area contributed by atoms with Crippen LogP contribution in [-0.4, -0.2) is 17.8 Å². The number of benzene rings is 1. The van der Waals surface area contributed by atoms with Crippen LogP contribution in [0.15, 0.2) is 29.3 Å². The van der Waals surface area contributed by atoms with Gasteiger partial charge in [0, 0.05) is 0 Å². The molecule has 100 valence electrons. The lowest BCUT2D eigenvalue weighted by atomic mass is 10.1. The Kier molecular flexibility index (Phi) is 3.24. The summed E-state index contributed by atoms with van der Waals surface area (Å²) in [6.07, 6.45) is -4.38. The zero-order valence-electron chi connectivity index (χ0n) is 9.41. The number of carbonyl (C=O) groups excluding carboxylic acids is 2. The first-order valence-corrected chi connectivity index (χ1v) is 5.19. The molecular weight excluding hydrogens is 263 g/mol. The highest BCUT2D eigenvalue weighted by Crippen LogP contribution is 2.29. The van der Waals surface area contributed by atoms with Crippen LogP contribution in [0.2, 0.25) is 0 Å². The lowest BCUT2D eigenvalue weighted by molar-refractivity contribution is -0.137. The molecule has 2 N–H and O–H groups in total. The van der Waals surface area contributed by atoms with E-state index < -0.39 is 23.6 Å². The Morgan fingerprint density at radius 3 is 2.00 bits per heavy atom. The van der Waals surface area contributed by atoms with E-state index in [0.717, 1.165) is 12.1 Å². The Morgan fingerprint density at radius 1 is 1.00 bits per heavy atom. The zero-order chi connectivity index (χ0) is 14.0. The monoisotopic (exact) mass is 271 g/mol. The molecule has 19 heavy (non-hydrogen) atoms. The summed E-state index contributed by atoms with van der Waals surface area (Å²) in [4.78, 5) is 25.5. The fourth-order valence-corrected chi connectivity index (χ4v) is 1.41. The van der Waals surface area contributed by atoms with Crippen LogP contribution in [0, 0.1) is 0 Å². The number of amides is 2. The van der Waals surface area contributed by atoms with E-state index in [1.165, 1.54) is 12.1 Å². The first-order valence-electron chi connectivity index (χ1n) is 5.19. The first kappa shape index (κ1) is 13.1. The summed E-state index contributed by atoms with van der Waals surface area (Å²) in [7, 11) is 0. The van der Waals surface area contributed by atoms with Crippen LogP contribution in [0.5, 0.6) is 0 Å². The van der Waals surface area contributed by atoms with Gasteiger partial charge in [-0.25, -0.2) is 4.99 Å². The molecule has 0 saturated carbocycles. The molecule has 1 aromatic rings. The number of hydrogen-bond donors (Lipinski definition) is 2. The van der Waals surface area contributed by atoms with E-state index in [2.05, 4.69) is 15.6 Å². The predicted octanol–water partition coefficient (Wildman–Crippen LogP) is 0.807. The molecule has 0 atom stereocenters. The van der Waals surface area contributed by atoms with Crippen molar-refractivity contribution >= 4 is 17.8 Å². The number of carbonyl (C=O) groups is 2. The highest BCUT2D eigenvalue weighted by Gasteiger charge is 2.30. The molecule has 0 spiro atoms. The normalized spacial score (nSPS) is 15.2. The van der Waals surface area contributed by atoms with E-state index in [1.54, 1.807) is 0 Å². The number of rotatable bonds is 2. The molecule has 1 aliphatic rings. The van der Waals surface area contributed by atoms with Crippen LogP contribution in [-0.2, 0) is 22.3 Å². The number of hydrogen-bond acceptors (Lipinski definition) is 3. The molecular formula is C11H8F3N3O2. The van der Waals surface area contributed by atoms with Crippen LogP contribution in [0.25, 0.3) is 0 Å². The van der Waals surface area contributed by atoms with Crippen molar-refractivity contribution in [3.05, 3.63) is 35.4 Å². The Bertz CT molecular complexity index is 531. The highest BCUT2D eigenvalue weighted by molar-refractivity contribution is 6.45. The summed E-state index contributed by atoms with van der Waals surface area (Å²) in [6.45, 7) is 0.0496. The number of nitrogens with one attached hydrogen (secondary N) is 2. The number of nitrogens with zero attached hydrogens (tertiary/aromatic N) is 1. The maximum absolute atomic E-state index is 12.3. The van der Waals surface area contributed by atoms with Gasteiger partial charge in [-0.2, -0.15) is 13.2 Å². The molecule has 1 fully saturated rings. The van der Waals surface area contributed by atoms with Gasteiger partial charge in [-0.15, -0.1) is 0 Å². The second-order valence-corrected chi connectivity index (χ2v) is 3.77. The second-order valence-electron chi connectivity index (χ2n) is 3.77. The van der Waals surface area contributed by atoms with Crippen molar-refractivity contribution in [2.45, 2.75) is 12.7 Å². The van der Waals surface area contributed by atoms with Gasteiger partial charge in [0.05, 0.1) is 12.1 Å². The number of aliphatic imine (C=N–C) groups is 1. The highest BCUT2D eigenvalue weighted by atomic mass is 19.4. The van der Waals surface area contributed by atoms with Crippen LogP contribution in [0.4, 0.5) is 13.2 Å². The molecule has 0 aliphatic carbocycles. The van der Waals surface area contributed by atoms with Gasteiger partial charge in [0.15, 0.2) is 0 Å². The van der Waals surface area contributed by atoms with Crippen molar-refractivity contribution in [3.8, 4) is 0 Å². The molecule has 8 heteroatoms. The van der Waals surface area contributed by atoms with E-state index in [4.69, 9.17) is 0 Å². The third-order valence-electron chi connectivity index (χ3n) is 2.37. The number of alkyl halides is 3. The first-order chi connectivity index (χ1) is 8.86. The smallest absolute Gasteiger partial charge is 0.288 e. The van der Waals surface area contributed by atoms with Crippen molar-refractivity contribution in [1.82, 2.24) is 10.6 Å². The molecule has 1 saturated heterocycles. The van der Waals surface area contributed by atoms with Crippen molar-refractivity contribution in [1.29, 1.82) is 0 Å². The summed E-state index contributed by atoms with van der Waals surface area (Å²) >= 11 is 0. The van der Waals surface area contributed by atoms with Crippen molar-refractivity contribution in [2.24, 2.45) is 4.99 Å². The summed E-state index contributed by atoms with van der Waals surface area (Å²) in [5.74, 6) is -1.63. The van der Waals surface area contributed by atoms with E-state index in [0.29, 0.717) is 5.56 Å². The fourth-order valence-electron chi connectivity index (χ4n) is 1.41. The SMILES string of the molecule is O=C1NC(=NCc2ccc(C(F)(F)F)cc2)NC1=O. The van der Waals surface area contributed by atoms with Crippen molar-refractivity contribution < 1.29 is 22.8 Å². The second kappa shape index (κ2) is 4.71. The van der Waals surface area contributed by atoms with Gasteiger partial charge in [0.2, 0.25) is 5.96 Å². The lowest BCUT2D eigenvalue weighted by Gasteiger charge is -2.06. The zero-order valence-corrected chi connectivity index (χ0v) is 9.41. The van der Waals surface area contributed by atoms with Gasteiger partial charge in [-0.1, -0.05) is 12.1 Å². The minimum atomic E-state index is -4.38. The van der Waals surface area contributed by atoms with Gasteiger partial charge in [-0.3, -0.25) is 20.2 Å². The summed E-state index contributed by atoms with van der Waals surface area (Å²) in [5, 5.41) is 4.36. The molecule has 0 bridgehead atoms. The predicted molar refractivity (Wildman–Crippen MR) is 58.9 cm³/mol. The van der Waals surface area contributed by atoms with Crippen LogP contribution in [0.3, 0.4) is 0 Å². The van der Waals surface area contributed by atoms with Gasteiger partial charge in [-0.05, 0) is 17.7 Å². The minimum absolute atomic E-state index is 0.00472. The Balaban J connectivity index is 2.03. The molecule has 0 radical (unpaired) electrons. The molecule has 1 aliphatic heterocycles. The molecule has 1 aromatic carbocycles. The Morgan fingerprint density at radius 2 is 1.53 bits per heavy atom. The van der Waals surface area contributed by atoms with E-state index in [1.807, 2.05) is 0 Å². The fraction of sp³-hybridized carbons (Fsp3) is 0.182. The standard InChI is InChI=1S/C11H8F3N3O2/c12-11(13,14)7-3-1-6(2-4-7)5-15-10-16-8(18)9(19)17-10/h1-4H,5H2,(H2,15,16,17,18,19). The van der Waals surface area contributed by atoms with Crippen LogP contribution < -0.4 is 10.6 Å². The third kappa shape index (κ3) is 3.09. The summed E-state index contributed by atoms with van der Waals surface area (Å²) in [6, 6.07) is 4.46. The molecule has 0 aromatic heterocycles. The largest absolute Gasteiger partial charge is 0.416 e. The van der Waals surface area contributed by atoms with Gasteiger partial charge >= 0.3 is 18.0 Å². The van der Waals surface area contributed by atoms with Gasteiger partial charge in [0.25, 0.3) is 0 Å². The Hall–Kier alpha value is -2.38. The maximum atomic E-state index is 12.3. The van der Waals surface area contributed by atoms with E-state index in [9.17, 15) is 22.8 Å².